The lowest BCUT2D eigenvalue weighted by Gasteiger charge is -2.24. The second kappa shape index (κ2) is 32.5. The summed E-state index contributed by atoms with van der Waals surface area (Å²) < 4.78 is 39.9. The van der Waals surface area contributed by atoms with Gasteiger partial charge in [0.25, 0.3) is 0 Å². The van der Waals surface area contributed by atoms with Crippen LogP contribution in [0.2, 0.25) is 0 Å². The SMILES string of the molecule is CCCCCCCC/C=C\CCCCCCCC(=O)OC[C@H](COP(=O)(O)OCC[N+](C)(C)C)OC(=O)CCCCCCCCCOc1ccc(C=O)cc1. The standard InChI is InChI=1S/C43H74NO10P/c1-5-6-7-8-9-10-11-12-13-14-15-16-18-21-24-27-42(46)51-37-41(38-53-55(48,49)52-35-33-44(2,3)4)54-43(47)28-25-22-19-17-20-23-26-34-50-40-31-29-39(36-45)30-32-40/h12-13,29-32,36,41H,5-11,14-28,33-35,37-38H2,1-4H3/p+1/b13-12-/t41-/m1/s1. The summed E-state index contributed by atoms with van der Waals surface area (Å²) in [5, 5.41) is 0. The van der Waals surface area contributed by atoms with Crippen molar-refractivity contribution in [2.24, 2.45) is 0 Å². The Morgan fingerprint density at radius 3 is 1.78 bits per heavy atom. The normalized spacial score (nSPS) is 13.4. The Morgan fingerprint density at radius 2 is 1.22 bits per heavy atom. The molecule has 0 heterocycles. The lowest BCUT2D eigenvalue weighted by atomic mass is 10.1. The Labute approximate surface area is 333 Å². The molecule has 0 spiro atoms. The fraction of sp³-hybridized carbons (Fsp3) is 0.744. The number of nitrogens with zero attached hydrogens (tertiary/aromatic N) is 1. The smallest absolute Gasteiger partial charge is 0.472 e. The molecule has 0 aliphatic rings. The largest absolute Gasteiger partial charge is 0.494 e. The maximum absolute atomic E-state index is 12.7. The summed E-state index contributed by atoms with van der Waals surface area (Å²) in [7, 11) is 1.41. The minimum Gasteiger partial charge on any atom is -0.494 e. The van der Waals surface area contributed by atoms with E-state index in [2.05, 4.69) is 19.1 Å². The highest BCUT2D eigenvalue weighted by atomic mass is 31.2. The van der Waals surface area contributed by atoms with Crippen molar-refractivity contribution in [3.05, 3.63) is 42.0 Å². The average Bonchev–Trinajstić information content (AvgIpc) is 3.14. The van der Waals surface area contributed by atoms with E-state index in [0.717, 1.165) is 82.7 Å². The number of quaternary nitrogens is 1. The van der Waals surface area contributed by atoms with Crippen LogP contribution in [0.15, 0.2) is 36.4 Å². The van der Waals surface area contributed by atoms with E-state index in [-0.39, 0.29) is 26.1 Å². The zero-order chi connectivity index (χ0) is 40.5. The maximum Gasteiger partial charge on any atom is 0.472 e. The van der Waals surface area contributed by atoms with Gasteiger partial charge in [-0.15, -0.1) is 0 Å². The van der Waals surface area contributed by atoms with Gasteiger partial charge in [-0.05, 0) is 69.2 Å². The van der Waals surface area contributed by atoms with Gasteiger partial charge < -0.3 is 23.6 Å². The van der Waals surface area contributed by atoms with E-state index in [9.17, 15) is 23.8 Å². The van der Waals surface area contributed by atoms with Gasteiger partial charge in [0.2, 0.25) is 0 Å². The first-order valence-corrected chi connectivity index (χ1v) is 22.5. The summed E-state index contributed by atoms with van der Waals surface area (Å²) in [5.74, 6) is -0.115. The van der Waals surface area contributed by atoms with Crippen molar-refractivity contribution in [2.75, 3.05) is 54.1 Å². The highest BCUT2D eigenvalue weighted by Crippen LogP contribution is 2.43. The molecule has 0 aliphatic heterocycles. The Morgan fingerprint density at radius 1 is 0.691 bits per heavy atom. The molecule has 0 aromatic heterocycles. The first kappa shape index (κ1) is 50.5. The highest BCUT2D eigenvalue weighted by molar-refractivity contribution is 7.47. The second-order valence-corrected chi connectivity index (χ2v) is 17.0. The Kier molecular flexibility index (Phi) is 29.8. The van der Waals surface area contributed by atoms with Crippen molar-refractivity contribution in [2.45, 2.75) is 154 Å². The van der Waals surface area contributed by atoms with Gasteiger partial charge in [0.1, 0.15) is 31.8 Å². The van der Waals surface area contributed by atoms with Crippen molar-refractivity contribution >= 4 is 26.0 Å². The van der Waals surface area contributed by atoms with Crippen LogP contribution >= 0.6 is 7.82 Å². The van der Waals surface area contributed by atoms with Crippen molar-refractivity contribution in [3.63, 3.8) is 0 Å². The van der Waals surface area contributed by atoms with Gasteiger partial charge in [0.05, 0.1) is 34.4 Å². The summed E-state index contributed by atoms with van der Waals surface area (Å²) in [5.41, 5.74) is 0.625. The third-order valence-electron chi connectivity index (χ3n) is 9.12. The molecule has 1 aromatic carbocycles. The number of carbonyl (C=O) groups is 3. The van der Waals surface area contributed by atoms with Crippen LogP contribution in [0.3, 0.4) is 0 Å². The van der Waals surface area contributed by atoms with Crippen LogP contribution < -0.4 is 4.74 Å². The lowest BCUT2D eigenvalue weighted by molar-refractivity contribution is -0.870. The van der Waals surface area contributed by atoms with E-state index < -0.39 is 32.5 Å². The molecule has 0 saturated heterocycles. The van der Waals surface area contributed by atoms with Gasteiger partial charge >= 0.3 is 19.8 Å². The maximum atomic E-state index is 12.7. The van der Waals surface area contributed by atoms with Gasteiger partial charge in [-0.25, -0.2) is 4.57 Å². The minimum absolute atomic E-state index is 0.0122. The van der Waals surface area contributed by atoms with Crippen LogP contribution in [-0.2, 0) is 32.7 Å². The van der Waals surface area contributed by atoms with Crippen molar-refractivity contribution < 1.29 is 51.6 Å². The number of ether oxygens (including phenoxy) is 3. The predicted octanol–water partition coefficient (Wildman–Crippen LogP) is 10.3. The van der Waals surface area contributed by atoms with Crippen LogP contribution in [0.5, 0.6) is 5.75 Å². The van der Waals surface area contributed by atoms with Crippen LogP contribution in [0.1, 0.15) is 159 Å². The van der Waals surface area contributed by atoms with E-state index in [4.69, 9.17) is 23.3 Å². The van der Waals surface area contributed by atoms with Crippen molar-refractivity contribution in [1.82, 2.24) is 0 Å². The van der Waals surface area contributed by atoms with E-state index in [1.807, 2.05) is 21.1 Å². The number of phosphoric acid groups is 1. The number of rotatable bonds is 37. The molecule has 55 heavy (non-hydrogen) atoms. The third kappa shape index (κ3) is 32.3. The second-order valence-electron chi connectivity index (χ2n) is 15.5. The summed E-state index contributed by atoms with van der Waals surface area (Å²) >= 11 is 0. The molecule has 11 nitrogen and oxygen atoms in total. The number of likely N-dealkylation sites (N-methyl/N-ethyl adjacent to an activating group) is 1. The molecule has 0 amide bonds. The summed E-state index contributed by atoms with van der Waals surface area (Å²) in [6.45, 7) is 2.68. The molecule has 12 heteroatoms. The minimum atomic E-state index is -4.40. The van der Waals surface area contributed by atoms with E-state index in [0.29, 0.717) is 36.0 Å². The molecular weight excluding hydrogens is 721 g/mol. The van der Waals surface area contributed by atoms with Gasteiger partial charge in [-0.2, -0.15) is 0 Å². The van der Waals surface area contributed by atoms with Gasteiger partial charge in [-0.3, -0.25) is 23.4 Å². The molecular formula is C43H75NO10P+. The van der Waals surface area contributed by atoms with Gasteiger partial charge in [-0.1, -0.05) is 103 Å². The Balaban J connectivity index is 2.30. The molecule has 0 radical (unpaired) electrons. The van der Waals surface area contributed by atoms with E-state index in [1.165, 1.54) is 44.9 Å². The summed E-state index contributed by atoms with van der Waals surface area (Å²) in [6, 6.07) is 7.07. The Hall–Kier alpha value is -2.56. The number of allylic oxidation sites excluding steroid dienone is 2. The molecule has 2 atom stereocenters. The van der Waals surface area contributed by atoms with E-state index >= 15 is 0 Å². The fourth-order valence-electron chi connectivity index (χ4n) is 5.69. The third-order valence-corrected chi connectivity index (χ3v) is 10.1. The first-order valence-electron chi connectivity index (χ1n) is 21.0. The molecule has 316 valence electrons. The van der Waals surface area contributed by atoms with E-state index in [1.54, 1.807) is 24.3 Å². The Bertz CT molecular complexity index is 1200. The number of esters is 2. The zero-order valence-electron chi connectivity index (χ0n) is 34.7. The number of phosphoric ester groups is 1. The molecule has 0 saturated carbocycles. The predicted molar refractivity (Wildman–Crippen MR) is 219 cm³/mol. The number of benzene rings is 1. The summed E-state index contributed by atoms with van der Waals surface area (Å²) in [6.07, 6.45) is 26.6. The number of hydrogen-bond acceptors (Lipinski definition) is 9. The quantitative estimate of drug-likeness (QED) is 0.0173. The average molecular weight is 797 g/mol. The van der Waals surface area contributed by atoms with Crippen LogP contribution in [0.25, 0.3) is 0 Å². The van der Waals surface area contributed by atoms with Crippen LogP contribution in [0, 0.1) is 0 Å². The van der Waals surface area contributed by atoms with Crippen molar-refractivity contribution in [1.29, 1.82) is 0 Å². The number of aldehydes is 1. The number of unbranched alkanes of at least 4 members (excludes halogenated alkanes) is 17. The van der Waals surface area contributed by atoms with Gasteiger partial charge in [0.15, 0.2) is 6.10 Å². The molecule has 1 rings (SSSR count). The zero-order valence-corrected chi connectivity index (χ0v) is 35.6. The van der Waals surface area contributed by atoms with Gasteiger partial charge in [0, 0.05) is 18.4 Å². The first-order chi connectivity index (χ1) is 26.4. The van der Waals surface area contributed by atoms with Crippen LogP contribution in [-0.4, -0.2) is 87.8 Å². The number of hydrogen-bond donors (Lipinski definition) is 1. The van der Waals surface area contributed by atoms with Crippen LogP contribution in [0.4, 0.5) is 0 Å². The molecule has 1 N–H and O–H groups in total. The summed E-state index contributed by atoms with van der Waals surface area (Å²) in [4.78, 5) is 46.1. The fourth-order valence-corrected chi connectivity index (χ4v) is 6.43. The highest BCUT2D eigenvalue weighted by Gasteiger charge is 2.27. The molecule has 1 aromatic rings. The van der Waals surface area contributed by atoms with Crippen molar-refractivity contribution in [3.8, 4) is 5.75 Å². The molecule has 1 unspecified atom stereocenters. The number of carbonyl (C=O) groups excluding carboxylic acids is 3. The lowest BCUT2D eigenvalue weighted by Crippen LogP contribution is -2.37. The topological polar surface area (TPSA) is 135 Å². The molecule has 0 fully saturated rings. The monoisotopic (exact) mass is 797 g/mol. The molecule has 0 aliphatic carbocycles. The molecule has 0 bridgehead atoms.